The summed E-state index contributed by atoms with van der Waals surface area (Å²) in [6.45, 7) is 1.01. The van der Waals surface area contributed by atoms with Gasteiger partial charge in [0.05, 0.1) is 6.42 Å². The standard InChI is InChI=1S/C21H27N5O10/c1-10(27)23-21(36)26-15(9-17(31)32)20(35)24-13(6-7-16(29)30)19(34)25-14(18(22)33)8-11-2-4-12(28)5-3-11/h2-5,13-15,28H,6-9H2,1H3,(H2,22,33)(H,24,35)(H,25,34)(H,29,30)(H,31,32)(H2,23,26,27,36)/t13-,14-,15-/m0/s1. The summed E-state index contributed by atoms with van der Waals surface area (Å²) in [4.78, 5) is 82.3. The van der Waals surface area contributed by atoms with Crippen molar-refractivity contribution < 1.29 is 48.9 Å². The van der Waals surface area contributed by atoms with E-state index < -0.39 is 79.0 Å². The molecule has 3 atom stereocenters. The van der Waals surface area contributed by atoms with E-state index in [1.165, 1.54) is 24.3 Å². The molecule has 0 aliphatic carbocycles. The summed E-state index contributed by atoms with van der Waals surface area (Å²) in [5.74, 6) is -6.70. The van der Waals surface area contributed by atoms with E-state index >= 15 is 0 Å². The lowest BCUT2D eigenvalue weighted by Gasteiger charge is -2.24. The van der Waals surface area contributed by atoms with Crippen LogP contribution < -0.4 is 27.0 Å². The Balaban J connectivity index is 3.04. The molecule has 0 aliphatic heterocycles. The Hall–Kier alpha value is -4.69. The quantitative estimate of drug-likeness (QED) is 0.144. The van der Waals surface area contributed by atoms with E-state index in [9.17, 15) is 38.7 Å². The topological polar surface area (TPSA) is 254 Å². The van der Waals surface area contributed by atoms with Gasteiger partial charge in [-0.05, 0) is 24.1 Å². The van der Waals surface area contributed by atoms with Crippen LogP contribution in [0.25, 0.3) is 0 Å². The van der Waals surface area contributed by atoms with Gasteiger partial charge in [-0.1, -0.05) is 12.1 Å². The summed E-state index contributed by atoms with van der Waals surface area (Å²) < 4.78 is 0. The summed E-state index contributed by atoms with van der Waals surface area (Å²) in [5.41, 5.74) is 5.87. The number of urea groups is 1. The van der Waals surface area contributed by atoms with Crippen molar-refractivity contribution in [1.29, 1.82) is 0 Å². The number of hydrogen-bond acceptors (Lipinski definition) is 8. The van der Waals surface area contributed by atoms with Gasteiger partial charge in [0, 0.05) is 19.8 Å². The normalized spacial score (nSPS) is 12.8. The summed E-state index contributed by atoms with van der Waals surface area (Å²) in [6.07, 6.45) is -2.04. The number of phenols is 1. The van der Waals surface area contributed by atoms with Crippen molar-refractivity contribution in [3.8, 4) is 5.75 Å². The monoisotopic (exact) mass is 509 g/mol. The molecule has 15 heteroatoms. The lowest BCUT2D eigenvalue weighted by molar-refractivity contribution is -0.140. The van der Waals surface area contributed by atoms with Crippen LogP contribution in [0.1, 0.15) is 31.7 Å². The zero-order chi connectivity index (χ0) is 27.4. The van der Waals surface area contributed by atoms with Gasteiger partial charge in [0.25, 0.3) is 0 Å². The number of aliphatic carboxylic acids is 2. The number of amides is 6. The summed E-state index contributed by atoms with van der Waals surface area (Å²) in [5, 5.41) is 35.6. The van der Waals surface area contributed by atoms with Gasteiger partial charge in [0.1, 0.15) is 23.9 Å². The molecule has 36 heavy (non-hydrogen) atoms. The van der Waals surface area contributed by atoms with Crippen LogP contribution in [0, 0.1) is 0 Å². The molecule has 1 aromatic carbocycles. The number of carboxylic acid groups (broad SMARTS) is 2. The first-order valence-electron chi connectivity index (χ1n) is 10.5. The first-order chi connectivity index (χ1) is 16.8. The van der Waals surface area contributed by atoms with Crippen LogP contribution in [0.2, 0.25) is 0 Å². The number of aromatic hydroxyl groups is 1. The second-order valence-corrected chi connectivity index (χ2v) is 7.63. The molecule has 1 aromatic rings. The molecule has 0 unspecified atom stereocenters. The average molecular weight is 509 g/mol. The second kappa shape index (κ2) is 13.9. The van der Waals surface area contributed by atoms with Gasteiger partial charge in [-0.3, -0.25) is 34.1 Å². The molecule has 0 saturated carbocycles. The molecule has 6 amide bonds. The van der Waals surface area contributed by atoms with Crippen molar-refractivity contribution in [3.63, 3.8) is 0 Å². The van der Waals surface area contributed by atoms with Crippen molar-refractivity contribution in [2.45, 2.75) is 50.7 Å². The number of primary amides is 1. The number of hydrogen-bond donors (Lipinski definition) is 8. The fourth-order valence-electron chi connectivity index (χ4n) is 2.91. The largest absolute Gasteiger partial charge is 0.508 e. The summed E-state index contributed by atoms with van der Waals surface area (Å²) in [7, 11) is 0. The van der Waals surface area contributed by atoms with E-state index in [1.54, 1.807) is 5.32 Å². The van der Waals surface area contributed by atoms with E-state index in [0.717, 1.165) is 6.92 Å². The predicted octanol–water partition coefficient (Wildman–Crippen LogP) is -2.06. The van der Waals surface area contributed by atoms with E-state index in [-0.39, 0.29) is 12.2 Å². The number of rotatable bonds is 13. The van der Waals surface area contributed by atoms with Gasteiger partial charge in [-0.25, -0.2) is 4.79 Å². The molecule has 0 bridgehead atoms. The van der Waals surface area contributed by atoms with Crippen LogP contribution in [0.3, 0.4) is 0 Å². The fraction of sp³-hybridized carbons (Fsp3) is 0.381. The molecule has 0 spiro atoms. The van der Waals surface area contributed by atoms with Gasteiger partial charge in [-0.15, -0.1) is 0 Å². The summed E-state index contributed by atoms with van der Waals surface area (Å²) in [6, 6.07) is -0.0646. The lowest BCUT2D eigenvalue weighted by atomic mass is 10.0. The Labute approximate surface area is 204 Å². The van der Waals surface area contributed by atoms with Crippen molar-refractivity contribution in [2.24, 2.45) is 5.73 Å². The lowest BCUT2D eigenvalue weighted by Crippen LogP contribution is -2.58. The van der Waals surface area contributed by atoms with Gasteiger partial charge >= 0.3 is 18.0 Å². The van der Waals surface area contributed by atoms with Crippen molar-refractivity contribution in [2.75, 3.05) is 0 Å². The molecule has 0 fully saturated rings. The maximum Gasteiger partial charge on any atom is 0.322 e. The minimum absolute atomic E-state index is 0.0311. The highest BCUT2D eigenvalue weighted by Crippen LogP contribution is 2.12. The summed E-state index contributed by atoms with van der Waals surface area (Å²) >= 11 is 0. The van der Waals surface area contributed by atoms with Crippen molar-refractivity contribution in [3.05, 3.63) is 29.8 Å². The first-order valence-corrected chi connectivity index (χ1v) is 10.5. The third-order valence-corrected chi connectivity index (χ3v) is 4.61. The minimum Gasteiger partial charge on any atom is -0.508 e. The number of carbonyl (C=O) groups excluding carboxylic acids is 5. The number of nitrogens with two attached hydrogens (primary N) is 1. The number of imide groups is 1. The van der Waals surface area contributed by atoms with E-state index in [1.807, 2.05) is 5.32 Å². The van der Waals surface area contributed by atoms with Crippen molar-refractivity contribution >= 4 is 41.6 Å². The molecule has 15 nitrogen and oxygen atoms in total. The number of benzene rings is 1. The molecule has 0 heterocycles. The number of nitrogens with one attached hydrogen (secondary N) is 4. The van der Waals surface area contributed by atoms with Crippen LogP contribution in [-0.2, 0) is 35.2 Å². The third kappa shape index (κ3) is 11.0. The van der Waals surface area contributed by atoms with Gasteiger partial charge in [0.15, 0.2) is 0 Å². The molecule has 9 N–H and O–H groups in total. The zero-order valence-electron chi connectivity index (χ0n) is 19.1. The van der Waals surface area contributed by atoms with Crippen LogP contribution in [0.4, 0.5) is 4.79 Å². The Morgan fingerprint density at radius 1 is 0.833 bits per heavy atom. The fourth-order valence-corrected chi connectivity index (χ4v) is 2.91. The van der Waals surface area contributed by atoms with E-state index in [2.05, 4.69) is 10.6 Å². The average Bonchev–Trinajstić information content (AvgIpc) is 2.75. The maximum atomic E-state index is 12.8. The molecule has 0 aliphatic rings. The second-order valence-electron chi connectivity index (χ2n) is 7.63. The molecular formula is C21H27N5O10. The van der Waals surface area contributed by atoms with Crippen LogP contribution in [0.15, 0.2) is 24.3 Å². The van der Waals surface area contributed by atoms with Gasteiger partial charge in [-0.2, -0.15) is 0 Å². The number of phenolic OH excluding ortho intramolecular Hbond substituents is 1. The van der Waals surface area contributed by atoms with Gasteiger partial charge < -0.3 is 37.0 Å². The van der Waals surface area contributed by atoms with E-state index in [0.29, 0.717) is 5.56 Å². The Morgan fingerprint density at radius 3 is 1.89 bits per heavy atom. The highest BCUT2D eigenvalue weighted by atomic mass is 16.4. The number of carbonyl (C=O) groups is 7. The molecule has 0 radical (unpaired) electrons. The first kappa shape index (κ1) is 29.3. The molecular weight excluding hydrogens is 482 g/mol. The molecule has 0 aromatic heterocycles. The van der Waals surface area contributed by atoms with Gasteiger partial charge in [0.2, 0.25) is 23.6 Å². The van der Waals surface area contributed by atoms with Crippen LogP contribution in [0.5, 0.6) is 5.75 Å². The molecule has 0 saturated heterocycles. The van der Waals surface area contributed by atoms with Crippen LogP contribution in [-0.4, -0.2) is 75.0 Å². The zero-order valence-corrected chi connectivity index (χ0v) is 19.1. The highest BCUT2D eigenvalue weighted by molar-refractivity contribution is 5.98. The third-order valence-electron chi connectivity index (χ3n) is 4.61. The smallest absolute Gasteiger partial charge is 0.322 e. The molecule has 1 rings (SSSR count). The van der Waals surface area contributed by atoms with Crippen molar-refractivity contribution in [1.82, 2.24) is 21.3 Å². The van der Waals surface area contributed by atoms with Crippen LogP contribution >= 0.6 is 0 Å². The minimum atomic E-state index is -1.73. The Morgan fingerprint density at radius 2 is 1.39 bits per heavy atom. The predicted molar refractivity (Wildman–Crippen MR) is 120 cm³/mol. The Kier molecular flexibility index (Phi) is 11.3. The highest BCUT2D eigenvalue weighted by Gasteiger charge is 2.30. The molecule has 196 valence electrons. The maximum absolute atomic E-state index is 12.8. The Bertz CT molecular complexity index is 1010. The van der Waals surface area contributed by atoms with E-state index in [4.69, 9.17) is 15.9 Å². The SMILES string of the molecule is CC(=O)NC(=O)N[C@@H](CC(=O)O)C(=O)N[C@@H](CCC(=O)O)C(=O)N[C@@H](Cc1ccc(O)cc1)C(N)=O. The number of carboxylic acids is 2.